The van der Waals surface area contributed by atoms with Crippen molar-refractivity contribution in [3.8, 4) is 22.5 Å². The predicted molar refractivity (Wildman–Crippen MR) is 104 cm³/mol. The number of nitrogens with zero attached hydrogens (tertiary/aromatic N) is 1. The van der Waals surface area contributed by atoms with Gasteiger partial charge in [-0.15, -0.1) is 0 Å². The average Bonchev–Trinajstić information content (AvgIpc) is 3.35. The van der Waals surface area contributed by atoms with E-state index in [0.29, 0.717) is 28.1 Å². The number of aromatic nitrogens is 3. The lowest BCUT2D eigenvalue weighted by molar-refractivity contribution is 0.0696. The molecule has 0 aliphatic carbocycles. The molecular formula is C21H13N3O4. The maximum Gasteiger partial charge on any atom is 0.342 e. The maximum absolute atomic E-state index is 12.6. The van der Waals surface area contributed by atoms with Gasteiger partial charge in [-0.05, 0) is 23.8 Å². The van der Waals surface area contributed by atoms with Crippen LogP contribution >= 0.6 is 0 Å². The Morgan fingerprint density at radius 3 is 2.68 bits per heavy atom. The molecule has 0 spiro atoms. The van der Waals surface area contributed by atoms with Crippen LogP contribution in [-0.4, -0.2) is 26.0 Å². The second-order valence-electron chi connectivity index (χ2n) is 6.33. The van der Waals surface area contributed by atoms with Crippen LogP contribution in [0.25, 0.3) is 44.6 Å². The largest absolute Gasteiger partial charge is 0.477 e. The van der Waals surface area contributed by atoms with Gasteiger partial charge in [-0.2, -0.15) is 0 Å². The molecule has 7 nitrogen and oxygen atoms in total. The third kappa shape index (κ3) is 2.34. The first kappa shape index (κ1) is 16.1. The third-order valence-corrected chi connectivity index (χ3v) is 4.67. The number of imidazole rings is 1. The molecule has 28 heavy (non-hydrogen) atoms. The van der Waals surface area contributed by atoms with Gasteiger partial charge in [0, 0.05) is 28.9 Å². The number of carbonyl (C=O) groups is 1. The average molecular weight is 371 g/mol. The van der Waals surface area contributed by atoms with Gasteiger partial charge < -0.3 is 19.5 Å². The molecule has 0 aliphatic heterocycles. The molecule has 3 heterocycles. The summed E-state index contributed by atoms with van der Waals surface area (Å²) in [5.74, 6) is -0.675. The Hall–Kier alpha value is -4.13. The molecule has 5 aromatic rings. The molecule has 0 radical (unpaired) electrons. The molecule has 0 atom stereocenters. The fourth-order valence-corrected chi connectivity index (χ4v) is 3.47. The summed E-state index contributed by atoms with van der Waals surface area (Å²) in [7, 11) is 0. The number of H-pyrrole nitrogens is 2. The Labute approximate surface area is 157 Å². The van der Waals surface area contributed by atoms with Crippen LogP contribution in [0.1, 0.15) is 10.4 Å². The van der Waals surface area contributed by atoms with Crippen LogP contribution in [0.4, 0.5) is 0 Å². The van der Waals surface area contributed by atoms with Gasteiger partial charge in [0.1, 0.15) is 17.0 Å². The summed E-state index contributed by atoms with van der Waals surface area (Å²) in [5.41, 5.74) is 1.91. The highest BCUT2D eigenvalue weighted by atomic mass is 16.4. The van der Waals surface area contributed by atoms with E-state index >= 15 is 0 Å². The topological polar surface area (TPSA) is 112 Å². The quantitative estimate of drug-likeness (QED) is 0.443. The van der Waals surface area contributed by atoms with Gasteiger partial charge in [-0.3, -0.25) is 4.79 Å². The lowest BCUT2D eigenvalue weighted by Gasteiger charge is -2.08. The van der Waals surface area contributed by atoms with Crippen molar-refractivity contribution in [2.75, 3.05) is 0 Å². The number of furan rings is 1. The molecule has 136 valence electrons. The number of pyridine rings is 1. The van der Waals surface area contributed by atoms with E-state index in [4.69, 9.17) is 4.42 Å². The summed E-state index contributed by atoms with van der Waals surface area (Å²) in [6.45, 7) is 0. The number of benzene rings is 2. The van der Waals surface area contributed by atoms with Crippen molar-refractivity contribution in [2.24, 2.45) is 0 Å². The molecule has 3 N–H and O–H groups in total. The van der Waals surface area contributed by atoms with Crippen LogP contribution in [0.3, 0.4) is 0 Å². The Kier molecular flexibility index (Phi) is 3.42. The number of aromatic carboxylic acids is 1. The zero-order valence-corrected chi connectivity index (χ0v) is 14.4. The van der Waals surface area contributed by atoms with Crippen molar-refractivity contribution in [1.29, 1.82) is 0 Å². The summed E-state index contributed by atoms with van der Waals surface area (Å²) in [6.07, 6.45) is 3.34. The van der Waals surface area contributed by atoms with E-state index in [1.54, 1.807) is 36.7 Å². The van der Waals surface area contributed by atoms with Gasteiger partial charge >= 0.3 is 5.97 Å². The van der Waals surface area contributed by atoms with Gasteiger partial charge in [0.15, 0.2) is 5.58 Å². The minimum Gasteiger partial charge on any atom is -0.477 e. The summed E-state index contributed by atoms with van der Waals surface area (Å²) < 4.78 is 5.96. The standard InChI is InChI=1S/C21H13N3O4/c25-20-16(21(26)27)15(11-4-3-5-12(10-11)19-22-8-9-23-19)18-17(24-20)13-6-1-2-7-14(13)28-18/h1-10H,(H,22,23)(H,24,25)(H,26,27). The lowest BCUT2D eigenvalue weighted by atomic mass is 9.98. The Morgan fingerprint density at radius 1 is 1.07 bits per heavy atom. The van der Waals surface area contributed by atoms with Crippen LogP contribution < -0.4 is 5.56 Å². The van der Waals surface area contributed by atoms with Crippen molar-refractivity contribution in [2.45, 2.75) is 0 Å². The van der Waals surface area contributed by atoms with Crippen LogP contribution in [0.2, 0.25) is 0 Å². The number of carboxylic acid groups (broad SMARTS) is 1. The molecule has 3 aromatic heterocycles. The molecule has 0 amide bonds. The highest BCUT2D eigenvalue weighted by Crippen LogP contribution is 2.36. The van der Waals surface area contributed by atoms with E-state index < -0.39 is 11.5 Å². The van der Waals surface area contributed by atoms with Crippen molar-refractivity contribution in [1.82, 2.24) is 15.0 Å². The fraction of sp³-hybridized carbons (Fsp3) is 0. The minimum atomic E-state index is -1.32. The zero-order chi connectivity index (χ0) is 19.3. The molecule has 0 bridgehead atoms. The number of fused-ring (bicyclic) bond motifs is 3. The van der Waals surface area contributed by atoms with E-state index in [1.165, 1.54) is 0 Å². The maximum atomic E-state index is 12.6. The van der Waals surface area contributed by atoms with Gasteiger partial charge in [0.2, 0.25) is 0 Å². The minimum absolute atomic E-state index is 0.246. The number of hydrogen-bond acceptors (Lipinski definition) is 4. The fourth-order valence-electron chi connectivity index (χ4n) is 3.47. The highest BCUT2D eigenvalue weighted by molar-refractivity contribution is 6.11. The van der Waals surface area contributed by atoms with Gasteiger partial charge in [0.05, 0.1) is 5.52 Å². The van der Waals surface area contributed by atoms with E-state index in [2.05, 4.69) is 15.0 Å². The Balaban J connectivity index is 1.90. The molecule has 0 saturated carbocycles. The molecular weight excluding hydrogens is 358 g/mol. The van der Waals surface area contributed by atoms with Crippen molar-refractivity contribution in [3.63, 3.8) is 0 Å². The number of rotatable bonds is 3. The monoisotopic (exact) mass is 371 g/mol. The second kappa shape index (κ2) is 5.95. The number of carboxylic acids is 1. The third-order valence-electron chi connectivity index (χ3n) is 4.67. The molecule has 0 unspecified atom stereocenters. The summed E-state index contributed by atoms with van der Waals surface area (Å²) >= 11 is 0. The zero-order valence-electron chi connectivity index (χ0n) is 14.4. The first-order valence-electron chi connectivity index (χ1n) is 8.54. The summed E-state index contributed by atoms with van der Waals surface area (Å²) in [6, 6.07) is 14.4. The van der Waals surface area contributed by atoms with E-state index in [0.717, 1.165) is 10.9 Å². The second-order valence-corrected chi connectivity index (χ2v) is 6.33. The normalized spacial score (nSPS) is 11.3. The van der Waals surface area contributed by atoms with Gasteiger partial charge in [-0.1, -0.05) is 30.3 Å². The number of nitrogens with one attached hydrogen (secondary N) is 2. The summed E-state index contributed by atoms with van der Waals surface area (Å²) in [4.78, 5) is 34.5. The Bertz CT molecular complexity index is 1410. The molecule has 2 aromatic carbocycles. The van der Waals surface area contributed by atoms with E-state index in [9.17, 15) is 14.7 Å². The van der Waals surface area contributed by atoms with Crippen LogP contribution in [0.5, 0.6) is 0 Å². The van der Waals surface area contributed by atoms with Crippen LogP contribution in [0, 0.1) is 0 Å². The lowest BCUT2D eigenvalue weighted by Crippen LogP contribution is -2.19. The molecule has 0 saturated heterocycles. The molecule has 0 fully saturated rings. The van der Waals surface area contributed by atoms with Crippen LogP contribution in [-0.2, 0) is 0 Å². The van der Waals surface area contributed by atoms with Gasteiger partial charge in [0.25, 0.3) is 5.56 Å². The van der Waals surface area contributed by atoms with Crippen molar-refractivity contribution < 1.29 is 14.3 Å². The highest BCUT2D eigenvalue weighted by Gasteiger charge is 2.24. The smallest absolute Gasteiger partial charge is 0.342 e. The van der Waals surface area contributed by atoms with Crippen LogP contribution in [0.15, 0.2) is 70.1 Å². The summed E-state index contributed by atoms with van der Waals surface area (Å²) in [5, 5.41) is 10.4. The molecule has 0 aliphatic rings. The van der Waals surface area contributed by atoms with E-state index in [-0.39, 0.29) is 11.1 Å². The molecule has 7 heteroatoms. The first-order chi connectivity index (χ1) is 13.6. The SMILES string of the molecule is O=C(O)c1c(-c2cccc(-c3ncc[nH]3)c2)c2oc3ccccc3c2[nH]c1=O. The number of aromatic amines is 2. The number of para-hydroxylation sites is 1. The van der Waals surface area contributed by atoms with Crippen molar-refractivity contribution in [3.05, 3.63) is 76.8 Å². The Morgan fingerprint density at radius 2 is 1.89 bits per heavy atom. The number of hydrogen-bond donors (Lipinski definition) is 3. The molecule has 5 rings (SSSR count). The predicted octanol–water partition coefficient (Wildman–Crippen LogP) is 4.03. The van der Waals surface area contributed by atoms with Gasteiger partial charge in [-0.25, -0.2) is 9.78 Å². The first-order valence-corrected chi connectivity index (χ1v) is 8.54. The van der Waals surface area contributed by atoms with Crippen molar-refractivity contribution >= 4 is 28.0 Å². The van der Waals surface area contributed by atoms with E-state index in [1.807, 2.05) is 24.3 Å².